The molecule has 0 aliphatic rings. The lowest BCUT2D eigenvalue weighted by atomic mass is 10.2. The molecule has 35 heavy (non-hydrogen) atoms. The third kappa shape index (κ3) is 4.96. The number of benzene rings is 3. The van der Waals surface area contributed by atoms with Crippen LogP contribution in [0, 0.1) is 5.82 Å². The van der Waals surface area contributed by atoms with Crippen molar-refractivity contribution in [1.29, 1.82) is 0 Å². The number of hydrogen-bond donors (Lipinski definition) is 0. The zero-order chi connectivity index (χ0) is 25.2. The lowest BCUT2D eigenvalue weighted by Gasteiger charge is -2.15. The Morgan fingerprint density at radius 1 is 0.971 bits per heavy atom. The van der Waals surface area contributed by atoms with Gasteiger partial charge in [-0.3, -0.25) is 4.79 Å². The van der Waals surface area contributed by atoms with Crippen molar-refractivity contribution in [2.45, 2.75) is 13.1 Å². The Kier molecular flexibility index (Phi) is 6.46. The van der Waals surface area contributed by atoms with Crippen molar-refractivity contribution in [3.63, 3.8) is 0 Å². The molecule has 6 nitrogen and oxygen atoms in total. The van der Waals surface area contributed by atoms with E-state index in [4.69, 9.17) is 18.6 Å². The van der Waals surface area contributed by atoms with Crippen molar-refractivity contribution in [2.24, 2.45) is 0 Å². The minimum Gasteiger partial charge on any atom is -0.490 e. The topological polar surface area (TPSA) is 75.0 Å². The quantitative estimate of drug-likeness (QED) is 0.179. The van der Waals surface area contributed by atoms with Crippen LogP contribution >= 0.6 is 0 Å². The smallest absolute Gasteiger partial charge is 0.453 e. The second-order valence-corrected chi connectivity index (χ2v) is 7.10. The van der Waals surface area contributed by atoms with Gasteiger partial charge in [0, 0.05) is 6.07 Å². The van der Waals surface area contributed by atoms with Crippen LogP contribution < -0.4 is 19.6 Å². The molecule has 3 aromatic carbocycles. The van der Waals surface area contributed by atoms with Crippen molar-refractivity contribution in [3.05, 3.63) is 94.1 Å². The summed E-state index contributed by atoms with van der Waals surface area (Å²) >= 11 is 0. The van der Waals surface area contributed by atoms with E-state index in [0.29, 0.717) is 0 Å². The molecule has 0 saturated heterocycles. The Balaban J connectivity index is 1.77. The van der Waals surface area contributed by atoms with Crippen molar-refractivity contribution in [3.8, 4) is 23.0 Å². The predicted octanol–water partition coefficient (Wildman–Crippen LogP) is 6.36. The lowest BCUT2D eigenvalue weighted by Crippen LogP contribution is -2.16. The van der Waals surface area contributed by atoms with Crippen LogP contribution in [0.1, 0.15) is 23.0 Å². The van der Waals surface area contributed by atoms with E-state index in [2.05, 4.69) is 0 Å². The second-order valence-electron chi connectivity index (χ2n) is 7.10. The highest BCUT2D eigenvalue weighted by Gasteiger charge is 2.40. The van der Waals surface area contributed by atoms with Crippen LogP contribution in [0.4, 0.5) is 17.6 Å². The Morgan fingerprint density at radius 2 is 1.66 bits per heavy atom. The Morgan fingerprint density at radius 3 is 2.34 bits per heavy atom. The summed E-state index contributed by atoms with van der Waals surface area (Å²) in [6.07, 6.45) is -5.09. The number of carbonyl (C=O) groups is 1. The van der Waals surface area contributed by atoms with Gasteiger partial charge in [-0.1, -0.05) is 24.3 Å². The summed E-state index contributed by atoms with van der Waals surface area (Å²) in [7, 11) is 0. The first-order valence-corrected chi connectivity index (χ1v) is 10.2. The zero-order valence-electron chi connectivity index (χ0n) is 18.0. The third-order valence-corrected chi connectivity index (χ3v) is 4.74. The number of halogens is 4. The molecule has 1 aromatic heterocycles. The van der Waals surface area contributed by atoms with Gasteiger partial charge in [0.25, 0.3) is 5.76 Å². The first-order valence-electron chi connectivity index (χ1n) is 10.2. The van der Waals surface area contributed by atoms with Gasteiger partial charge in [0.15, 0.2) is 11.5 Å². The van der Waals surface area contributed by atoms with Gasteiger partial charge in [0.2, 0.25) is 11.2 Å². The molecule has 4 aromatic rings. The first-order chi connectivity index (χ1) is 16.7. The van der Waals surface area contributed by atoms with Crippen LogP contribution in [-0.4, -0.2) is 12.6 Å². The van der Waals surface area contributed by atoms with Gasteiger partial charge < -0.3 is 18.6 Å². The second kappa shape index (κ2) is 9.49. The summed E-state index contributed by atoms with van der Waals surface area (Å²) in [6, 6.07) is 14.2. The van der Waals surface area contributed by atoms with Crippen LogP contribution in [0.25, 0.3) is 11.0 Å². The summed E-state index contributed by atoms with van der Waals surface area (Å²) in [5.41, 5.74) is -1.98. The molecule has 4 rings (SSSR count). The van der Waals surface area contributed by atoms with E-state index >= 15 is 0 Å². The number of carbonyl (C=O) groups excluding carboxylic acids is 1. The number of ether oxygens (including phenoxy) is 3. The summed E-state index contributed by atoms with van der Waals surface area (Å²) in [4.78, 5) is 25.2. The molecule has 0 atom stereocenters. The third-order valence-electron chi connectivity index (χ3n) is 4.74. The summed E-state index contributed by atoms with van der Waals surface area (Å²) in [5, 5.41) is -0.257. The fourth-order valence-corrected chi connectivity index (χ4v) is 3.21. The molecular formula is C25H16F4O6. The van der Waals surface area contributed by atoms with E-state index in [-0.39, 0.29) is 34.8 Å². The minimum atomic E-state index is -5.09. The Hall–Kier alpha value is -4.34. The van der Waals surface area contributed by atoms with E-state index in [9.17, 15) is 27.2 Å². The van der Waals surface area contributed by atoms with Crippen molar-refractivity contribution >= 4 is 16.9 Å². The molecule has 0 saturated carbocycles. The van der Waals surface area contributed by atoms with Gasteiger partial charge in [-0.2, -0.15) is 13.2 Å². The molecule has 0 aliphatic carbocycles. The molecule has 0 aliphatic heterocycles. The van der Waals surface area contributed by atoms with E-state index in [1.54, 1.807) is 13.0 Å². The molecular weight excluding hydrogens is 472 g/mol. The molecule has 0 radical (unpaired) electrons. The van der Waals surface area contributed by atoms with Gasteiger partial charge in [0.05, 0.1) is 17.6 Å². The number of alkyl halides is 3. The van der Waals surface area contributed by atoms with Crippen molar-refractivity contribution in [1.82, 2.24) is 0 Å². The molecule has 0 spiro atoms. The van der Waals surface area contributed by atoms with E-state index < -0.39 is 40.5 Å². The van der Waals surface area contributed by atoms with Crippen LogP contribution in [0.5, 0.6) is 23.0 Å². The molecule has 0 amide bonds. The highest BCUT2D eigenvalue weighted by molar-refractivity contribution is 5.92. The van der Waals surface area contributed by atoms with Gasteiger partial charge in [-0.15, -0.1) is 0 Å². The van der Waals surface area contributed by atoms with Crippen LogP contribution in [0.3, 0.4) is 0 Å². The maximum Gasteiger partial charge on any atom is 0.453 e. The molecule has 180 valence electrons. The summed E-state index contributed by atoms with van der Waals surface area (Å²) in [6.45, 7) is 1.89. The van der Waals surface area contributed by atoms with E-state index in [1.807, 2.05) is 0 Å². The van der Waals surface area contributed by atoms with Crippen LogP contribution in [-0.2, 0) is 6.18 Å². The maximum atomic E-state index is 13.8. The average Bonchev–Trinajstić information content (AvgIpc) is 2.81. The van der Waals surface area contributed by atoms with Gasteiger partial charge >= 0.3 is 12.1 Å². The molecule has 0 fully saturated rings. The number of fused-ring (bicyclic) bond motifs is 1. The number of rotatable bonds is 6. The monoisotopic (exact) mass is 488 g/mol. The lowest BCUT2D eigenvalue weighted by molar-refractivity contribution is -0.154. The van der Waals surface area contributed by atoms with E-state index in [0.717, 1.165) is 18.2 Å². The summed E-state index contributed by atoms with van der Waals surface area (Å²) in [5.74, 6) is -4.89. The standard InChI is InChI=1S/C25H16F4O6/c1-2-32-18-9-5-6-10-19(18)34-22-21(30)16-12-11-14(13-20(16)35-23(22)25(27,28)29)33-24(31)15-7-3-4-8-17(15)26/h3-13H,2H2,1H3. The molecule has 0 bridgehead atoms. The van der Waals surface area contributed by atoms with Gasteiger partial charge in [0.1, 0.15) is 17.1 Å². The predicted molar refractivity (Wildman–Crippen MR) is 117 cm³/mol. The van der Waals surface area contributed by atoms with Crippen molar-refractivity contribution in [2.75, 3.05) is 6.61 Å². The number of esters is 1. The molecule has 0 unspecified atom stereocenters. The first kappa shape index (κ1) is 23.8. The summed E-state index contributed by atoms with van der Waals surface area (Å²) < 4.78 is 76.0. The fourth-order valence-electron chi connectivity index (χ4n) is 3.21. The molecule has 10 heteroatoms. The Bertz CT molecular complexity index is 1460. The maximum absolute atomic E-state index is 13.8. The molecule has 0 N–H and O–H groups in total. The highest BCUT2D eigenvalue weighted by Crippen LogP contribution is 2.40. The van der Waals surface area contributed by atoms with E-state index in [1.165, 1.54) is 42.5 Å². The average molecular weight is 488 g/mol. The van der Waals surface area contributed by atoms with Gasteiger partial charge in [-0.25, -0.2) is 9.18 Å². The number of hydrogen-bond acceptors (Lipinski definition) is 6. The SMILES string of the molecule is CCOc1ccccc1Oc1c(C(F)(F)F)oc2cc(OC(=O)c3ccccc3F)ccc2c1=O. The Labute approximate surface area is 195 Å². The highest BCUT2D eigenvalue weighted by atomic mass is 19.4. The van der Waals surface area contributed by atoms with Crippen LogP contribution in [0.15, 0.2) is 75.9 Å². The largest absolute Gasteiger partial charge is 0.490 e. The normalized spacial score (nSPS) is 11.3. The minimum absolute atomic E-state index is 0.109. The van der Waals surface area contributed by atoms with Crippen molar-refractivity contribution < 1.29 is 41.0 Å². The molecule has 1 heterocycles. The number of para-hydroxylation sites is 2. The zero-order valence-corrected chi connectivity index (χ0v) is 18.0. The fraction of sp³-hybridized carbons (Fsp3) is 0.120. The van der Waals surface area contributed by atoms with Crippen LogP contribution in [0.2, 0.25) is 0 Å². The van der Waals surface area contributed by atoms with Gasteiger partial charge in [-0.05, 0) is 43.3 Å².